The van der Waals surface area contributed by atoms with Crippen LogP contribution in [0.1, 0.15) is 82.6 Å². The van der Waals surface area contributed by atoms with Crippen molar-refractivity contribution in [1.82, 2.24) is 0 Å². The van der Waals surface area contributed by atoms with Gasteiger partial charge in [-0.2, -0.15) is 0 Å². The first-order chi connectivity index (χ1) is 10.0. The summed E-state index contributed by atoms with van der Waals surface area (Å²) in [5, 5.41) is 0.282. The summed E-state index contributed by atoms with van der Waals surface area (Å²) in [6.07, 6.45) is 1.00. The van der Waals surface area contributed by atoms with Crippen molar-refractivity contribution < 1.29 is 9.47 Å². The fraction of sp³-hybridized carbons (Fsp3) is 1.00. The minimum atomic E-state index is -0.169. The maximum Gasteiger partial charge on any atom is 0.109 e. The molecule has 0 heterocycles. The zero-order valence-corrected chi connectivity index (χ0v) is 18.1. The average Bonchev–Trinajstić information content (AvgIpc) is 2.33. The minimum Gasteiger partial charge on any atom is -0.375 e. The van der Waals surface area contributed by atoms with Gasteiger partial charge in [0.15, 0.2) is 0 Å². The van der Waals surface area contributed by atoms with Crippen molar-refractivity contribution in [2.45, 2.75) is 99.1 Å². The molecule has 0 N–H and O–H groups in total. The fourth-order valence-corrected chi connectivity index (χ4v) is 1.82. The van der Waals surface area contributed by atoms with E-state index in [9.17, 15) is 0 Å². The van der Waals surface area contributed by atoms with Gasteiger partial charge in [0.05, 0.1) is 11.2 Å². The lowest BCUT2D eigenvalue weighted by Gasteiger charge is -2.43. The lowest BCUT2D eigenvalue weighted by molar-refractivity contribution is -0.129. The Kier molecular flexibility index (Phi) is 7.90. The van der Waals surface area contributed by atoms with Crippen LogP contribution in [0.15, 0.2) is 0 Å². The van der Waals surface area contributed by atoms with Gasteiger partial charge in [0, 0.05) is 13.2 Å². The molecule has 0 aromatic rings. The van der Waals surface area contributed by atoms with Crippen LogP contribution in [0.2, 0.25) is 5.31 Å². The van der Waals surface area contributed by atoms with E-state index in [0.717, 1.165) is 19.6 Å². The Morgan fingerprint density at radius 3 is 1.70 bits per heavy atom. The summed E-state index contributed by atoms with van der Waals surface area (Å²) < 4.78 is 12.5. The number of ether oxygens (including phenoxy) is 2. The van der Waals surface area contributed by atoms with Crippen LogP contribution in [0.4, 0.5) is 0 Å². The van der Waals surface area contributed by atoms with Gasteiger partial charge < -0.3 is 9.47 Å². The highest BCUT2D eigenvalue weighted by molar-refractivity contribution is 6.14. The maximum atomic E-state index is 6.36. The molecule has 0 amide bonds. The topological polar surface area (TPSA) is 18.5 Å². The second-order valence-electron chi connectivity index (χ2n) is 10.3. The third kappa shape index (κ3) is 7.17. The predicted octanol–water partition coefficient (Wildman–Crippen LogP) is 5.12. The van der Waals surface area contributed by atoms with Crippen molar-refractivity contribution >= 4 is 7.85 Å². The van der Waals surface area contributed by atoms with Gasteiger partial charge in [-0.15, -0.1) is 0 Å². The molecule has 0 aromatic heterocycles. The first kappa shape index (κ1) is 23.0. The molecule has 2 nitrogen and oxygen atoms in total. The van der Waals surface area contributed by atoms with E-state index in [4.69, 9.17) is 9.47 Å². The second-order valence-corrected chi connectivity index (χ2v) is 10.3. The first-order valence-corrected chi connectivity index (χ1v) is 9.31. The van der Waals surface area contributed by atoms with Crippen molar-refractivity contribution in [1.29, 1.82) is 0 Å². The first-order valence-electron chi connectivity index (χ1n) is 9.31. The third-order valence-electron chi connectivity index (χ3n) is 6.39. The lowest BCUT2D eigenvalue weighted by atomic mass is 9.64. The van der Waals surface area contributed by atoms with Gasteiger partial charge in [0.2, 0.25) is 0 Å². The van der Waals surface area contributed by atoms with Gasteiger partial charge in [-0.25, -0.2) is 0 Å². The molecule has 0 aliphatic carbocycles. The van der Waals surface area contributed by atoms with Gasteiger partial charge in [0.1, 0.15) is 7.85 Å². The predicted molar refractivity (Wildman–Crippen MR) is 105 cm³/mol. The smallest absolute Gasteiger partial charge is 0.109 e. The van der Waals surface area contributed by atoms with Gasteiger partial charge in [-0.05, 0) is 51.4 Å². The largest absolute Gasteiger partial charge is 0.375 e. The van der Waals surface area contributed by atoms with Crippen LogP contribution in [0, 0.1) is 17.3 Å². The summed E-state index contributed by atoms with van der Waals surface area (Å²) in [6.45, 7) is 26.2. The average molecular weight is 326 g/mol. The van der Waals surface area contributed by atoms with Crippen LogP contribution in [0.5, 0.6) is 0 Å². The third-order valence-corrected chi connectivity index (χ3v) is 6.39. The summed E-state index contributed by atoms with van der Waals surface area (Å²) in [4.78, 5) is 0. The van der Waals surface area contributed by atoms with Crippen molar-refractivity contribution in [3.8, 4) is 0 Å². The molecule has 0 fully saturated rings. The molecule has 0 saturated carbocycles. The van der Waals surface area contributed by atoms with E-state index in [-0.39, 0.29) is 21.9 Å². The van der Waals surface area contributed by atoms with Crippen molar-refractivity contribution in [2.24, 2.45) is 17.3 Å². The normalized spacial score (nSPS) is 16.0. The molecule has 1 unspecified atom stereocenters. The SMILES string of the molecule is BC(C)(C)C(C)COC(C)(C)C(C)(C)CCOC(C)(C)C(C)C. The molecule has 0 aliphatic rings. The highest BCUT2D eigenvalue weighted by Gasteiger charge is 2.39. The quantitative estimate of drug-likeness (QED) is 0.519. The van der Waals surface area contributed by atoms with Crippen molar-refractivity contribution in [3.63, 3.8) is 0 Å². The Morgan fingerprint density at radius 1 is 0.826 bits per heavy atom. The number of rotatable bonds is 10. The van der Waals surface area contributed by atoms with E-state index in [2.05, 4.69) is 84.0 Å². The molecule has 0 aromatic carbocycles. The Labute approximate surface area is 147 Å². The Hall–Kier alpha value is -0.0151. The molecule has 1 atom stereocenters. The molecule has 0 saturated heterocycles. The monoisotopic (exact) mass is 326 g/mol. The molecular weight excluding hydrogens is 283 g/mol. The van der Waals surface area contributed by atoms with E-state index in [1.165, 1.54) is 0 Å². The van der Waals surface area contributed by atoms with Crippen LogP contribution < -0.4 is 0 Å². The van der Waals surface area contributed by atoms with Crippen LogP contribution in [-0.4, -0.2) is 32.3 Å². The Bertz CT molecular complexity index is 351. The van der Waals surface area contributed by atoms with Gasteiger partial charge >= 0.3 is 0 Å². The molecule has 0 rings (SSSR count). The van der Waals surface area contributed by atoms with Crippen LogP contribution in [-0.2, 0) is 9.47 Å². The zero-order chi connectivity index (χ0) is 18.7. The summed E-state index contributed by atoms with van der Waals surface area (Å²) in [6, 6.07) is 0. The maximum absolute atomic E-state index is 6.36. The second kappa shape index (κ2) is 7.91. The van der Waals surface area contributed by atoms with E-state index >= 15 is 0 Å². The molecular formula is C20H43BO2. The zero-order valence-electron chi connectivity index (χ0n) is 18.1. The standard InChI is InChI=1S/C20H43BO2/c1-15(2)19(8,9)22-13-12-17(4,5)20(10,11)23-14-16(3)18(6,7)21/h15-16H,12-14,21H2,1-11H3. The molecule has 23 heavy (non-hydrogen) atoms. The molecule has 0 bridgehead atoms. The van der Waals surface area contributed by atoms with Gasteiger partial charge in [-0.3, -0.25) is 0 Å². The Balaban J connectivity index is 4.60. The number of hydrogen-bond acceptors (Lipinski definition) is 2. The molecule has 138 valence electrons. The van der Waals surface area contributed by atoms with E-state index in [0.29, 0.717) is 11.8 Å². The summed E-state index contributed by atoms with van der Waals surface area (Å²) >= 11 is 0. The fourth-order valence-electron chi connectivity index (χ4n) is 1.82. The van der Waals surface area contributed by atoms with Gasteiger partial charge in [0.25, 0.3) is 0 Å². The lowest BCUT2D eigenvalue weighted by Crippen LogP contribution is -2.44. The molecule has 0 radical (unpaired) electrons. The van der Waals surface area contributed by atoms with E-state index < -0.39 is 0 Å². The van der Waals surface area contributed by atoms with Crippen LogP contribution >= 0.6 is 0 Å². The Morgan fingerprint density at radius 2 is 1.30 bits per heavy atom. The van der Waals surface area contributed by atoms with Crippen molar-refractivity contribution in [2.75, 3.05) is 13.2 Å². The summed E-state index contributed by atoms with van der Waals surface area (Å²) in [5.41, 5.74) is -0.169. The highest BCUT2D eigenvalue weighted by Crippen LogP contribution is 2.39. The van der Waals surface area contributed by atoms with Gasteiger partial charge in [-0.1, -0.05) is 53.8 Å². The molecule has 0 spiro atoms. The molecule has 3 heteroatoms. The number of hydrogen-bond donors (Lipinski definition) is 0. The van der Waals surface area contributed by atoms with E-state index in [1.807, 2.05) is 0 Å². The van der Waals surface area contributed by atoms with Crippen LogP contribution in [0.25, 0.3) is 0 Å². The highest BCUT2D eigenvalue weighted by atomic mass is 16.5. The molecule has 0 aliphatic heterocycles. The minimum absolute atomic E-state index is 0.0671. The van der Waals surface area contributed by atoms with Crippen LogP contribution in [0.3, 0.4) is 0 Å². The van der Waals surface area contributed by atoms with E-state index in [1.54, 1.807) is 0 Å². The summed E-state index contributed by atoms with van der Waals surface area (Å²) in [7, 11) is 2.28. The summed E-state index contributed by atoms with van der Waals surface area (Å²) in [5.74, 6) is 1.05. The van der Waals surface area contributed by atoms with Crippen molar-refractivity contribution in [3.05, 3.63) is 0 Å².